The van der Waals surface area contributed by atoms with Crippen LogP contribution in [0.3, 0.4) is 0 Å². The third-order valence-corrected chi connectivity index (χ3v) is 2.18. The Kier molecular flexibility index (Phi) is 3.44. The van der Waals surface area contributed by atoms with Crippen molar-refractivity contribution in [2.24, 2.45) is 0 Å². The number of rotatable bonds is 4. The van der Waals surface area contributed by atoms with Crippen molar-refractivity contribution in [1.82, 2.24) is 0 Å². The Labute approximate surface area is 87.8 Å². The van der Waals surface area contributed by atoms with Crippen LogP contribution in [0.2, 0.25) is 0 Å². The van der Waals surface area contributed by atoms with Gasteiger partial charge >= 0.3 is 0 Å². The molecule has 0 amide bonds. The zero-order valence-corrected chi connectivity index (χ0v) is 8.87. The summed E-state index contributed by atoms with van der Waals surface area (Å²) in [6.07, 6.45) is 1.30. The highest BCUT2D eigenvalue weighted by molar-refractivity contribution is 5.89. The lowest BCUT2D eigenvalue weighted by atomic mass is 10.0. The van der Waals surface area contributed by atoms with E-state index in [0.29, 0.717) is 40.8 Å². The van der Waals surface area contributed by atoms with Gasteiger partial charge in [-0.15, -0.1) is 0 Å². The van der Waals surface area contributed by atoms with Crippen LogP contribution in [-0.2, 0) is 0 Å². The van der Waals surface area contributed by atoms with E-state index in [4.69, 9.17) is 9.47 Å². The van der Waals surface area contributed by atoms with E-state index in [-0.39, 0.29) is 0 Å². The van der Waals surface area contributed by atoms with Gasteiger partial charge in [-0.05, 0) is 13.0 Å². The molecule has 0 aliphatic rings. The number of benzene rings is 1. The van der Waals surface area contributed by atoms with E-state index >= 15 is 0 Å². The maximum Gasteiger partial charge on any atom is 0.153 e. The number of hydrogen-bond acceptors (Lipinski definition) is 4. The fourth-order valence-electron chi connectivity index (χ4n) is 1.55. The summed E-state index contributed by atoms with van der Waals surface area (Å²) in [6.45, 7) is 1.73. The number of carbonyl (C=O) groups is 2. The van der Waals surface area contributed by atoms with Crippen LogP contribution in [0, 0.1) is 6.92 Å². The number of hydrogen-bond donors (Lipinski definition) is 0. The van der Waals surface area contributed by atoms with Crippen molar-refractivity contribution in [3.05, 3.63) is 22.8 Å². The van der Waals surface area contributed by atoms with Crippen LogP contribution >= 0.6 is 0 Å². The summed E-state index contributed by atoms with van der Waals surface area (Å²) in [4.78, 5) is 21.5. The van der Waals surface area contributed by atoms with E-state index in [1.807, 2.05) is 0 Å². The van der Waals surface area contributed by atoms with E-state index in [2.05, 4.69) is 0 Å². The van der Waals surface area contributed by atoms with Gasteiger partial charge in [0.15, 0.2) is 12.6 Å². The fraction of sp³-hybridized carbons (Fsp3) is 0.273. The molecule has 1 aromatic rings. The second kappa shape index (κ2) is 4.59. The Morgan fingerprint density at radius 2 is 1.40 bits per heavy atom. The third kappa shape index (κ3) is 1.83. The van der Waals surface area contributed by atoms with Crippen molar-refractivity contribution < 1.29 is 19.1 Å². The van der Waals surface area contributed by atoms with Crippen molar-refractivity contribution in [1.29, 1.82) is 0 Å². The van der Waals surface area contributed by atoms with Gasteiger partial charge in [0, 0.05) is 5.56 Å². The summed E-state index contributed by atoms with van der Waals surface area (Å²) in [7, 11) is 2.94. The molecule has 1 rings (SSSR count). The molecule has 0 N–H and O–H groups in total. The number of methoxy groups -OCH3 is 2. The lowest BCUT2D eigenvalue weighted by Crippen LogP contribution is -2.00. The first-order valence-electron chi connectivity index (χ1n) is 4.35. The Balaban J connectivity index is 3.54. The molecule has 4 heteroatoms. The first-order valence-corrected chi connectivity index (χ1v) is 4.35. The summed E-state index contributed by atoms with van der Waals surface area (Å²) in [5, 5.41) is 0. The number of carbonyl (C=O) groups excluding carboxylic acids is 2. The van der Waals surface area contributed by atoms with E-state index in [1.165, 1.54) is 20.3 Å². The van der Waals surface area contributed by atoms with Crippen molar-refractivity contribution >= 4 is 12.6 Å². The van der Waals surface area contributed by atoms with Crippen molar-refractivity contribution in [3.8, 4) is 11.5 Å². The SMILES string of the molecule is COc1c(C=O)cc(C=O)c(OC)c1C. The highest BCUT2D eigenvalue weighted by Gasteiger charge is 2.15. The Morgan fingerprint density at radius 3 is 1.67 bits per heavy atom. The van der Waals surface area contributed by atoms with E-state index in [9.17, 15) is 9.59 Å². The summed E-state index contributed by atoms with van der Waals surface area (Å²) in [6, 6.07) is 1.45. The molecule has 0 aliphatic carbocycles. The molecule has 0 saturated carbocycles. The van der Waals surface area contributed by atoms with E-state index < -0.39 is 0 Å². The highest BCUT2D eigenvalue weighted by Crippen LogP contribution is 2.33. The van der Waals surface area contributed by atoms with Crippen molar-refractivity contribution in [2.45, 2.75) is 6.92 Å². The lowest BCUT2D eigenvalue weighted by Gasteiger charge is -2.13. The third-order valence-electron chi connectivity index (χ3n) is 2.18. The van der Waals surface area contributed by atoms with Gasteiger partial charge in [-0.2, -0.15) is 0 Å². The van der Waals surface area contributed by atoms with Gasteiger partial charge in [0.05, 0.1) is 25.3 Å². The van der Waals surface area contributed by atoms with Crippen LogP contribution in [0.25, 0.3) is 0 Å². The second-order valence-corrected chi connectivity index (χ2v) is 2.98. The maximum absolute atomic E-state index is 10.8. The molecule has 0 bridgehead atoms. The molecule has 0 radical (unpaired) electrons. The fourth-order valence-corrected chi connectivity index (χ4v) is 1.55. The molecule has 0 atom stereocenters. The van der Waals surface area contributed by atoms with E-state index in [1.54, 1.807) is 6.92 Å². The molecule has 0 aliphatic heterocycles. The van der Waals surface area contributed by atoms with Crippen LogP contribution in [0.5, 0.6) is 11.5 Å². The van der Waals surface area contributed by atoms with Crippen LogP contribution in [0.15, 0.2) is 6.07 Å². The zero-order chi connectivity index (χ0) is 11.4. The van der Waals surface area contributed by atoms with Crippen LogP contribution in [0.1, 0.15) is 26.3 Å². The smallest absolute Gasteiger partial charge is 0.153 e. The van der Waals surface area contributed by atoms with Gasteiger partial charge in [0.1, 0.15) is 11.5 Å². The standard InChI is InChI=1S/C11H12O4/c1-7-10(14-2)8(5-12)4-9(6-13)11(7)15-3/h4-6H,1-3H3. The Bertz CT molecular complexity index is 362. The predicted molar refractivity (Wildman–Crippen MR) is 55.1 cm³/mol. The summed E-state index contributed by atoms with van der Waals surface area (Å²) < 4.78 is 10.2. The molecule has 0 spiro atoms. The first-order chi connectivity index (χ1) is 7.19. The minimum Gasteiger partial charge on any atom is -0.496 e. The molecule has 0 saturated heterocycles. The molecule has 4 nitrogen and oxygen atoms in total. The van der Waals surface area contributed by atoms with Crippen LogP contribution < -0.4 is 9.47 Å². The largest absolute Gasteiger partial charge is 0.496 e. The van der Waals surface area contributed by atoms with Gasteiger partial charge < -0.3 is 9.47 Å². The second-order valence-electron chi connectivity index (χ2n) is 2.98. The van der Waals surface area contributed by atoms with Crippen molar-refractivity contribution in [2.75, 3.05) is 14.2 Å². The molecule has 0 heterocycles. The summed E-state index contributed by atoms with van der Waals surface area (Å²) >= 11 is 0. The molecule has 80 valence electrons. The molecular formula is C11H12O4. The normalized spacial score (nSPS) is 9.53. The molecular weight excluding hydrogens is 196 g/mol. The molecule has 1 aromatic carbocycles. The molecule has 0 fully saturated rings. The molecule has 15 heavy (non-hydrogen) atoms. The average Bonchev–Trinajstić information content (AvgIpc) is 2.27. The number of ether oxygens (including phenoxy) is 2. The van der Waals surface area contributed by atoms with Gasteiger partial charge in [-0.1, -0.05) is 0 Å². The highest BCUT2D eigenvalue weighted by atomic mass is 16.5. The van der Waals surface area contributed by atoms with Crippen LogP contribution in [0.4, 0.5) is 0 Å². The van der Waals surface area contributed by atoms with E-state index in [0.717, 1.165) is 0 Å². The number of aldehydes is 2. The van der Waals surface area contributed by atoms with Gasteiger partial charge in [0.2, 0.25) is 0 Å². The van der Waals surface area contributed by atoms with Crippen molar-refractivity contribution in [3.63, 3.8) is 0 Å². The minimum absolute atomic E-state index is 0.345. The topological polar surface area (TPSA) is 52.6 Å². The van der Waals surface area contributed by atoms with Crippen LogP contribution in [-0.4, -0.2) is 26.8 Å². The minimum atomic E-state index is 0.345. The zero-order valence-electron chi connectivity index (χ0n) is 8.87. The average molecular weight is 208 g/mol. The van der Waals surface area contributed by atoms with Gasteiger partial charge in [-0.25, -0.2) is 0 Å². The summed E-state index contributed by atoms with van der Waals surface area (Å²) in [5.74, 6) is 0.875. The van der Waals surface area contributed by atoms with Gasteiger partial charge in [-0.3, -0.25) is 9.59 Å². The summed E-state index contributed by atoms with van der Waals surface area (Å²) in [5.41, 5.74) is 1.34. The lowest BCUT2D eigenvalue weighted by molar-refractivity contribution is 0.111. The predicted octanol–water partition coefficient (Wildman–Crippen LogP) is 1.64. The maximum atomic E-state index is 10.8. The monoisotopic (exact) mass is 208 g/mol. The van der Waals surface area contributed by atoms with Gasteiger partial charge in [0.25, 0.3) is 0 Å². The first kappa shape index (κ1) is 11.2. The Morgan fingerprint density at radius 1 is 1.00 bits per heavy atom. The quantitative estimate of drug-likeness (QED) is 0.706. The molecule has 0 unspecified atom stereocenters. The molecule has 0 aromatic heterocycles. The Hall–Kier alpha value is -1.84.